The molecule has 0 heterocycles. The average Bonchev–Trinajstić information content (AvgIpc) is 1.56. The third-order valence-electron chi connectivity index (χ3n) is 0.720. The van der Waals surface area contributed by atoms with E-state index in [4.69, 9.17) is 0 Å². The van der Waals surface area contributed by atoms with Crippen molar-refractivity contribution in [2.24, 2.45) is 0 Å². The summed E-state index contributed by atoms with van der Waals surface area (Å²) in [6, 6.07) is 0. The maximum atomic E-state index is 11.6. The molecule has 0 aliphatic rings. The largest absolute Gasteiger partial charge is 0.421 e. The molecule has 0 unspecified atom stereocenters. The van der Waals surface area contributed by atoms with Crippen LogP contribution < -0.4 is 0 Å². The van der Waals surface area contributed by atoms with Crippen molar-refractivity contribution in [3.63, 3.8) is 0 Å². The van der Waals surface area contributed by atoms with Crippen LogP contribution in [0.2, 0.25) is 0 Å². The number of allylic oxidation sites excluding steroid dienone is 1. The Bertz CT molecular complexity index is 146. The summed E-state index contributed by atoms with van der Waals surface area (Å²) in [6.07, 6.45) is -6.70. The summed E-state index contributed by atoms with van der Waals surface area (Å²) >= 11 is 3.92. The Morgan fingerprint density at radius 3 is 1.45 bits per heavy atom. The lowest BCUT2D eigenvalue weighted by molar-refractivity contribution is -0.115. The van der Waals surface area contributed by atoms with E-state index >= 15 is 0 Å². The normalized spacial score (nSPS) is 15.4. The van der Waals surface area contributed by atoms with Crippen molar-refractivity contribution in [3.05, 3.63) is 11.9 Å². The summed E-state index contributed by atoms with van der Waals surface area (Å²) in [4.78, 5) is 0. The van der Waals surface area contributed by atoms with Crippen molar-refractivity contribution in [1.29, 1.82) is 0 Å². The highest BCUT2D eigenvalue weighted by Crippen LogP contribution is 2.40. The highest BCUT2D eigenvalue weighted by molar-refractivity contribution is 6.23. The molecule has 0 aromatic carbocycles. The summed E-state index contributed by atoms with van der Waals surface area (Å²) in [7, 11) is 0. The molecule has 0 saturated carbocycles. The van der Waals surface area contributed by atoms with Crippen molar-refractivity contribution in [1.82, 2.24) is 0 Å². The first-order chi connectivity index (χ1) is 4.69. The van der Waals surface area contributed by atoms with Crippen molar-refractivity contribution in [3.8, 4) is 0 Å². The van der Waals surface area contributed by atoms with E-state index in [9.17, 15) is 26.3 Å². The predicted molar refractivity (Wildman–Crippen MR) is 26.0 cm³/mol. The van der Waals surface area contributed by atoms with Gasteiger partial charge in [0.25, 0.3) is 0 Å². The van der Waals surface area contributed by atoms with Crippen LogP contribution in [0.25, 0.3) is 0 Å². The monoisotopic (exact) mass is 198 g/mol. The van der Waals surface area contributed by atoms with E-state index in [0.717, 1.165) is 0 Å². The SMILES string of the molecule is FC=C(C(F)(F)F)C(F)(F)Cl. The fraction of sp³-hybridized carbons (Fsp3) is 0.500. The molecule has 0 amide bonds. The zero-order valence-corrected chi connectivity index (χ0v) is 5.48. The maximum Gasteiger partial charge on any atom is 0.421 e. The van der Waals surface area contributed by atoms with Gasteiger partial charge in [0.05, 0.1) is 0 Å². The summed E-state index contributed by atoms with van der Waals surface area (Å²) in [5.74, 6) is 0. The van der Waals surface area contributed by atoms with Gasteiger partial charge in [0, 0.05) is 0 Å². The second-order valence-corrected chi connectivity index (χ2v) is 1.99. The minimum absolute atomic E-state index is 1.26. The van der Waals surface area contributed by atoms with E-state index in [1.165, 1.54) is 0 Å². The number of halogens is 7. The van der Waals surface area contributed by atoms with Gasteiger partial charge in [0.15, 0.2) is 0 Å². The molecule has 0 N–H and O–H groups in total. The first-order valence-corrected chi connectivity index (χ1v) is 2.52. The molecule has 0 aliphatic carbocycles. The Morgan fingerprint density at radius 2 is 1.45 bits per heavy atom. The second kappa shape index (κ2) is 2.92. The molecule has 0 fully saturated rings. The van der Waals surface area contributed by atoms with Crippen LogP contribution in [-0.4, -0.2) is 11.6 Å². The first-order valence-electron chi connectivity index (χ1n) is 2.14. The molecule has 0 aromatic heterocycles. The Kier molecular flexibility index (Phi) is 2.82. The van der Waals surface area contributed by atoms with Crippen LogP contribution in [-0.2, 0) is 0 Å². The average molecular weight is 198 g/mol. The van der Waals surface area contributed by atoms with Crippen molar-refractivity contribution >= 4 is 11.6 Å². The van der Waals surface area contributed by atoms with Gasteiger partial charge in [-0.25, -0.2) is 4.39 Å². The molecule has 11 heavy (non-hydrogen) atoms. The Labute approximate surface area is 62.4 Å². The lowest BCUT2D eigenvalue weighted by Gasteiger charge is -2.13. The molecule has 0 atom stereocenters. The van der Waals surface area contributed by atoms with Crippen LogP contribution in [0.1, 0.15) is 0 Å². The van der Waals surface area contributed by atoms with E-state index in [1.807, 2.05) is 0 Å². The number of rotatable bonds is 1. The van der Waals surface area contributed by atoms with Gasteiger partial charge in [-0.2, -0.15) is 22.0 Å². The summed E-state index contributed by atoms with van der Waals surface area (Å²) in [6.45, 7) is 0. The van der Waals surface area contributed by atoms with Crippen molar-refractivity contribution in [2.75, 3.05) is 0 Å². The van der Waals surface area contributed by atoms with E-state index < -0.39 is 23.5 Å². The lowest BCUT2D eigenvalue weighted by atomic mass is 10.3. The van der Waals surface area contributed by atoms with Gasteiger partial charge in [-0.3, -0.25) is 0 Å². The molecule has 0 rings (SSSR count). The van der Waals surface area contributed by atoms with E-state index in [2.05, 4.69) is 11.6 Å². The molecule has 0 spiro atoms. The minimum atomic E-state index is -5.44. The molecule has 7 heteroatoms. The van der Waals surface area contributed by atoms with E-state index in [0.29, 0.717) is 0 Å². The van der Waals surface area contributed by atoms with Gasteiger partial charge in [-0.1, -0.05) is 0 Å². The highest BCUT2D eigenvalue weighted by atomic mass is 35.5. The van der Waals surface area contributed by atoms with Gasteiger partial charge in [-0.05, 0) is 11.6 Å². The Balaban J connectivity index is 4.74. The van der Waals surface area contributed by atoms with Crippen LogP contribution in [0.4, 0.5) is 26.3 Å². The first kappa shape index (κ1) is 10.6. The minimum Gasteiger partial charge on any atom is -0.215 e. The van der Waals surface area contributed by atoms with Crippen LogP contribution in [0.15, 0.2) is 11.9 Å². The van der Waals surface area contributed by atoms with Gasteiger partial charge in [0.1, 0.15) is 11.9 Å². The van der Waals surface area contributed by atoms with Crippen molar-refractivity contribution in [2.45, 2.75) is 11.6 Å². The molecular formula is C4HClF6. The molecule has 0 saturated heterocycles. The van der Waals surface area contributed by atoms with Crippen LogP contribution in [0.5, 0.6) is 0 Å². The predicted octanol–water partition coefficient (Wildman–Crippen LogP) is 3.23. The van der Waals surface area contributed by atoms with Crippen molar-refractivity contribution < 1.29 is 26.3 Å². The van der Waals surface area contributed by atoms with Crippen LogP contribution >= 0.6 is 11.6 Å². The van der Waals surface area contributed by atoms with E-state index in [-0.39, 0.29) is 0 Å². The van der Waals surface area contributed by atoms with Gasteiger partial charge >= 0.3 is 11.6 Å². The fourth-order valence-electron chi connectivity index (χ4n) is 0.284. The number of alkyl halides is 6. The molecule has 0 aromatic rings. The third-order valence-corrected chi connectivity index (χ3v) is 0.924. The summed E-state index contributed by atoms with van der Waals surface area (Å²) < 4.78 is 68.5. The standard InChI is InChI=1S/C4HClF6/c5-3(7,8)2(1-6)4(9,10)11/h1H. The third kappa shape index (κ3) is 3.00. The molecular weight excluding hydrogens is 197 g/mol. The smallest absolute Gasteiger partial charge is 0.215 e. The fourth-order valence-corrected chi connectivity index (χ4v) is 0.433. The second-order valence-electron chi connectivity index (χ2n) is 1.52. The quantitative estimate of drug-likeness (QED) is 0.448. The number of hydrogen-bond donors (Lipinski definition) is 0. The van der Waals surface area contributed by atoms with Gasteiger partial charge < -0.3 is 0 Å². The zero-order chi connectivity index (χ0) is 9.28. The molecule has 66 valence electrons. The highest BCUT2D eigenvalue weighted by Gasteiger charge is 2.49. The van der Waals surface area contributed by atoms with Gasteiger partial charge in [-0.15, -0.1) is 0 Å². The molecule has 0 radical (unpaired) electrons. The van der Waals surface area contributed by atoms with Crippen LogP contribution in [0, 0.1) is 0 Å². The zero-order valence-electron chi connectivity index (χ0n) is 4.72. The van der Waals surface area contributed by atoms with E-state index in [1.54, 1.807) is 0 Å². The van der Waals surface area contributed by atoms with Crippen LogP contribution in [0.3, 0.4) is 0 Å². The number of hydrogen-bond acceptors (Lipinski definition) is 0. The molecule has 0 nitrogen and oxygen atoms in total. The topological polar surface area (TPSA) is 0 Å². The summed E-state index contributed by atoms with van der Waals surface area (Å²) in [5, 5.41) is -4.72. The molecule has 0 bridgehead atoms. The maximum absolute atomic E-state index is 11.6. The lowest BCUT2D eigenvalue weighted by Crippen LogP contribution is -2.24. The summed E-state index contributed by atoms with van der Waals surface area (Å²) in [5.41, 5.74) is -2.70. The van der Waals surface area contributed by atoms with Gasteiger partial charge in [0.2, 0.25) is 0 Å². The molecule has 0 aliphatic heterocycles. The Hall–Kier alpha value is -0.390. The Morgan fingerprint density at radius 1 is 1.09 bits per heavy atom.